The van der Waals surface area contributed by atoms with Crippen LogP contribution in [0.15, 0.2) is 12.4 Å². The van der Waals surface area contributed by atoms with Crippen LogP contribution in [0, 0.1) is 5.92 Å². The minimum absolute atomic E-state index is 0.618. The van der Waals surface area contributed by atoms with Gasteiger partial charge in [-0.05, 0) is 50.0 Å². The minimum Gasteiger partial charge on any atom is -0.241 e. The second-order valence-corrected chi connectivity index (χ2v) is 7.12. The minimum atomic E-state index is 0.618. The first-order valence-corrected chi connectivity index (χ1v) is 9.64. The fraction of sp³-hybridized carbons (Fsp3) is 0.800. The third kappa shape index (κ3) is 5.70. The predicted molar refractivity (Wildman–Crippen MR) is 94.1 cm³/mol. The Morgan fingerprint density at radius 1 is 0.864 bits per heavy atom. The van der Waals surface area contributed by atoms with Crippen LogP contribution in [0.1, 0.15) is 102 Å². The molecule has 2 nitrogen and oxygen atoms in total. The summed E-state index contributed by atoms with van der Waals surface area (Å²) < 4.78 is 0. The van der Waals surface area contributed by atoms with Gasteiger partial charge in [0.2, 0.25) is 0 Å². The lowest BCUT2D eigenvalue weighted by Crippen LogP contribution is -2.15. The molecule has 0 radical (unpaired) electrons. The lowest BCUT2D eigenvalue weighted by molar-refractivity contribution is 0.296. The number of unbranched alkanes of at least 4 members (excludes halogenated alkanes) is 4. The van der Waals surface area contributed by atoms with Crippen molar-refractivity contribution in [1.29, 1.82) is 0 Å². The molecule has 0 bridgehead atoms. The molecule has 1 aliphatic carbocycles. The fourth-order valence-electron chi connectivity index (χ4n) is 3.65. The highest BCUT2D eigenvalue weighted by molar-refractivity contribution is 5.08. The summed E-state index contributed by atoms with van der Waals surface area (Å²) in [6.45, 7) is 4.52. The maximum absolute atomic E-state index is 4.66. The molecule has 0 unspecified atom stereocenters. The summed E-state index contributed by atoms with van der Waals surface area (Å²) in [6, 6.07) is 0. The SMILES string of the molecule is CCCCCCC1CCC(c2ncc(CCCC)cn2)CC1. The molecule has 1 heterocycles. The van der Waals surface area contributed by atoms with E-state index in [0.717, 1.165) is 18.2 Å². The molecular weight excluding hydrogens is 268 g/mol. The molecule has 2 rings (SSSR count). The smallest absolute Gasteiger partial charge is 0.131 e. The van der Waals surface area contributed by atoms with Gasteiger partial charge < -0.3 is 0 Å². The van der Waals surface area contributed by atoms with Crippen molar-refractivity contribution in [3.63, 3.8) is 0 Å². The molecule has 1 aliphatic rings. The van der Waals surface area contributed by atoms with E-state index >= 15 is 0 Å². The molecular formula is C20H34N2. The Bertz CT molecular complexity index is 391. The lowest BCUT2D eigenvalue weighted by atomic mass is 9.79. The zero-order valence-electron chi connectivity index (χ0n) is 14.7. The molecule has 1 fully saturated rings. The second kappa shape index (κ2) is 9.97. The molecule has 0 aromatic carbocycles. The quantitative estimate of drug-likeness (QED) is 0.518. The summed E-state index contributed by atoms with van der Waals surface area (Å²) in [5, 5.41) is 0. The lowest BCUT2D eigenvalue weighted by Gasteiger charge is -2.27. The number of rotatable bonds is 9. The van der Waals surface area contributed by atoms with Crippen molar-refractivity contribution >= 4 is 0 Å². The van der Waals surface area contributed by atoms with Crippen LogP contribution in [0.3, 0.4) is 0 Å². The molecule has 1 aromatic heterocycles. The summed E-state index contributed by atoms with van der Waals surface area (Å²) in [6.07, 6.45) is 20.2. The van der Waals surface area contributed by atoms with Crippen molar-refractivity contribution in [2.45, 2.75) is 96.8 Å². The zero-order chi connectivity index (χ0) is 15.6. The molecule has 22 heavy (non-hydrogen) atoms. The van der Waals surface area contributed by atoms with Gasteiger partial charge in [0.15, 0.2) is 0 Å². The standard InChI is InChI=1S/C20H34N2/c1-3-5-7-8-10-17-11-13-19(14-12-17)20-21-15-18(16-22-20)9-6-4-2/h15-17,19H,3-14H2,1-2H3. The van der Waals surface area contributed by atoms with Gasteiger partial charge in [0.05, 0.1) is 0 Å². The zero-order valence-corrected chi connectivity index (χ0v) is 14.7. The van der Waals surface area contributed by atoms with Crippen LogP contribution in [0.25, 0.3) is 0 Å². The van der Waals surface area contributed by atoms with Crippen molar-refractivity contribution in [2.75, 3.05) is 0 Å². The topological polar surface area (TPSA) is 25.8 Å². The maximum atomic E-state index is 4.66. The first-order chi connectivity index (χ1) is 10.8. The van der Waals surface area contributed by atoms with Gasteiger partial charge in [-0.3, -0.25) is 0 Å². The van der Waals surface area contributed by atoms with E-state index < -0.39 is 0 Å². The molecule has 2 heteroatoms. The van der Waals surface area contributed by atoms with Crippen LogP contribution >= 0.6 is 0 Å². The van der Waals surface area contributed by atoms with E-state index in [1.807, 2.05) is 0 Å². The average Bonchev–Trinajstić information content (AvgIpc) is 2.58. The Hall–Kier alpha value is -0.920. The van der Waals surface area contributed by atoms with Crippen molar-refractivity contribution in [2.24, 2.45) is 5.92 Å². The van der Waals surface area contributed by atoms with Gasteiger partial charge in [0, 0.05) is 18.3 Å². The highest BCUT2D eigenvalue weighted by atomic mass is 14.9. The second-order valence-electron chi connectivity index (χ2n) is 7.12. The monoisotopic (exact) mass is 302 g/mol. The number of aromatic nitrogens is 2. The van der Waals surface area contributed by atoms with Crippen LogP contribution in [0.2, 0.25) is 0 Å². The average molecular weight is 303 g/mol. The van der Waals surface area contributed by atoms with Crippen molar-refractivity contribution in [3.8, 4) is 0 Å². The van der Waals surface area contributed by atoms with E-state index in [2.05, 4.69) is 36.2 Å². The largest absolute Gasteiger partial charge is 0.241 e. The Balaban J connectivity index is 1.72. The molecule has 0 spiro atoms. The van der Waals surface area contributed by atoms with E-state index in [0.29, 0.717) is 5.92 Å². The fourth-order valence-corrected chi connectivity index (χ4v) is 3.65. The van der Waals surface area contributed by atoms with E-state index in [1.54, 1.807) is 0 Å². The van der Waals surface area contributed by atoms with Crippen LogP contribution < -0.4 is 0 Å². The van der Waals surface area contributed by atoms with Gasteiger partial charge in [-0.25, -0.2) is 9.97 Å². The van der Waals surface area contributed by atoms with E-state index in [-0.39, 0.29) is 0 Å². The van der Waals surface area contributed by atoms with Crippen molar-refractivity contribution in [3.05, 3.63) is 23.8 Å². The van der Waals surface area contributed by atoms with Gasteiger partial charge >= 0.3 is 0 Å². The highest BCUT2D eigenvalue weighted by Gasteiger charge is 2.23. The molecule has 124 valence electrons. The molecule has 0 saturated heterocycles. The summed E-state index contributed by atoms with van der Waals surface area (Å²) in [7, 11) is 0. The van der Waals surface area contributed by atoms with E-state index in [4.69, 9.17) is 0 Å². The molecule has 1 saturated carbocycles. The molecule has 0 atom stereocenters. The number of aryl methyl sites for hydroxylation is 1. The van der Waals surface area contributed by atoms with Crippen LogP contribution in [-0.2, 0) is 6.42 Å². The number of nitrogens with zero attached hydrogens (tertiary/aromatic N) is 2. The van der Waals surface area contributed by atoms with E-state index in [1.165, 1.54) is 76.2 Å². The predicted octanol–water partition coefficient (Wildman–Crippen LogP) is 6.06. The third-order valence-electron chi connectivity index (χ3n) is 5.22. The van der Waals surface area contributed by atoms with Crippen LogP contribution in [0.5, 0.6) is 0 Å². The van der Waals surface area contributed by atoms with Crippen LogP contribution in [-0.4, -0.2) is 9.97 Å². The summed E-state index contributed by atoms with van der Waals surface area (Å²) in [4.78, 5) is 9.31. The van der Waals surface area contributed by atoms with Crippen molar-refractivity contribution < 1.29 is 0 Å². The maximum Gasteiger partial charge on any atom is 0.131 e. The molecule has 0 amide bonds. The highest BCUT2D eigenvalue weighted by Crippen LogP contribution is 2.36. The van der Waals surface area contributed by atoms with Crippen molar-refractivity contribution in [1.82, 2.24) is 9.97 Å². The third-order valence-corrected chi connectivity index (χ3v) is 5.22. The molecule has 0 aliphatic heterocycles. The Labute approximate surface area is 137 Å². The van der Waals surface area contributed by atoms with Crippen LogP contribution in [0.4, 0.5) is 0 Å². The van der Waals surface area contributed by atoms with Gasteiger partial charge in [0.25, 0.3) is 0 Å². The summed E-state index contributed by atoms with van der Waals surface area (Å²) in [5.74, 6) is 2.69. The van der Waals surface area contributed by atoms with Gasteiger partial charge in [-0.2, -0.15) is 0 Å². The van der Waals surface area contributed by atoms with Gasteiger partial charge in [0.1, 0.15) is 5.82 Å². The molecule has 0 N–H and O–H groups in total. The number of hydrogen-bond donors (Lipinski definition) is 0. The first-order valence-electron chi connectivity index (χ1n) is 9.64. The van der Waals surface area contributed by atoms with Gasteiger partial charge in [-0.15, -0.1) is 0 Å². The Morgan fingerprint density at radius 3 is 2.18 bits per heavy atom. The summed E-state index contributed by atoms with van der Waals surface area (Å²) >= 11 is 0. The summed E-state index contributed by atoms with van der Waals surface area (Å²) in [5.41, 5.74) is 1.30. The molecule has 1 aromatic rings. The Kier molecular flexibility index (Phi) is 7.90. The normalized spacial score (nSPS) is 21.9. The Morgan fingerprint density at radius 2 is 1.55 bits per heavy atom. The van der Waals surface area contributed by atoms with E-state index in [9.17, 15) is 0 Å². The number of hydrogen-bond acceptors (Lipinski definition) is 2. The van der Waals surface area contributed by atoms with Gasteiger partial charge in [-0.1, -0.05) is 52.4 Å². The first kappa shape index (κ1) is 17.4.